The lowest BCUT2D eigenvalue weighted by Gasteiger charge is -2.21. The molecule has 0 aliphatic rings. The number of nitrogens with zero attached hydrogens (tertiary/aromatic N) is 1. The number of rotatable bonds is 4. The summed E-state index contributed by atoms with van der Waals surface area (Å²) in [6, 6.07) is 5.09. The summed E-state index contributed by atoms with van der Waals surface area (Å²) in [6.45, 7) is 2.96. The zero-order chi connectivity index (χ0) is 16.8. The fraction of sp³-hybridized carbons (Fsp3) is 0.333. The number of sulfonamides is 1. The zero-order valence-electron chi connectivity index (χ0n) is 12.1. The number of benzene rings is 1. The Morgan fingerprint density at radius 3 is 2.18 bits per heavy atom. The first-order valence-electron chi connectivity index (χ1n) is 6.34. The lowest BCUT2D eigenvalue weighted by Crippen LogP contribution is -2.50. The summed E-state index contributed by atoms with van der Waals surface area (Å²) in [5.74, 6) is 0. The maximum absolute atomic E-state index is 12.4. The predicted octanol–water partition coefficient (Wildman–Crippen LogP) is 1.08. The highest BCUT2D eigenvalue weighted by atomic mass is 32.2. The van der Waals surface area contributed by atoms with Crippen LogP contribution in [0.4, 0.5) is 15.3 Å². The molecule has 1 aromatic carbocycles. The minimum absolute atomic E-state index is 0.00438. The fourth-order valence-corrected chi connectivity index (χ4v) is 2.51. The number of amides is 2. The van der Waals surface area contributed by atoms with Crippen molar-refractivity contribution in [2.45, 2.75) is 18.7 Å². The molecule has 0 heterocycles. The van der Waals surface area contributed by atoms with Gasteiger partial charge in [-0.05, 0) is 38.1 Å². The molecule has 0 aliphatic heterocycles. The Morgan fingerprint density at radius 2 is 1.68 bits per heavy atom. The Bertz CT molecular complexity index is 629. The van der Waals surface area contributed by atoms with Crippen LogP contribution in [0.5, 0.6) is 0 Å². The third kappa shape index (κ3) is 4.25. The van der Waals surface area contributed by atoms with Gasteiger partial charge in [0.1, 0.15) is 0 Å². The van der Waals surface area contributed by atoms with E-state index in [4.69, 9.17) is 5.73 Å². The van der Waals surface area contributed by atoms with Gasteiger partial charge in [-0.1, -0.05) is 0 Å². The molecule has 1 aromatic rings. The summed E-state index contributed by atoms with van der Waals surface area (Å²) in [7, 11) is -4.36. The van der Waals surface area contributed by atoms with Crippen LogP contribution >= 0.6 is 0 Å². The number of nitrogens with two attached hydrogens (primary N) is 1. The Morgan fingerprint density at radius 1 is 1.14 bits per heavy atom. The van der Waals surface area contributed by atoms with Crippen LogP contribution in [0.2, 0.25) is 0 Å². The first kappa shape index (κ1) is 17.6. The molecule has 0 spiro atoms. The molecule has 0 saturated carbocycles. The third-order valence-corrected chi connectivity index (χ3v) is 3.91. The minimum Gasteiger partial charge on any atom is -0.449 e. The molecule has 0 radical (unpaired) electrons. The Labute approximate surface area is 128 Å². The monoisotopic (exact) mass is 331 g/mol. The van der Waals surface area contributed by atoms with Gasteiger partial charge in [0, 0.05) is 5.69 Å². The Hall–Kier alpha value is -2.49. The van der Waals surface area contributed by atoms with Gasteiger partial charge in [0.25, 0.3) is 10.0 Å². The summed E-state index contributed by atoms with van der Waals surface area (Å²) < 4.78 is 34.1. The van der Waals surface area contributed by atoms with Crippen LogP contribution in [0.25, 0.3) is 0 Å². The number of nitrogen functional groups attached to an aromatic ring is 1. The van der Waals surface area contributed by atoms with E-state index in [1.54, 1.807) is 0 Å². The van der Waals surface area contributed by atoms with Crippen molar-refractivity contribution in [1.82, 2.24) is 9.84 Å². The highest BCUT2D eigenvalue weighted by Crippen LogP contribution is 2.16. The molecule has 2 amide bonds. The van der Waals surface area contributed by atoms with Gasteiger partial charge in [0.15, 0.2) is 0 Å². The smallest absolute Gasteiger partial charge is 0.443 e. The normalized spacial score (nSPS) is 10.6. The molecule has 0 unspecified atom stereocenters. The maximum atomic E-state index is 12.4. The van der Waals surface area contributed by atoms with E-state index in [1.165, 1.54) is 38.1 Å². The number of carbonyl (C=O) groups excluding carboxylic acids is 2. The summed E-state index contributed by atoms with van der Waals surface area (Å²) >= 11 is 0. The number of hydrogen-bond acceptors (Lipinski definition) is 7. The maximum Gasteiger partial charge on any atom is 0.443 e. The first-order valence-corrected chi connectivity index (χ1v) is 7.78. The van der Waals surface area contributed by atoms with E-state index >= 15 is 0 Å². The van der Waals surface area contributed by atoms with E-state index in [2.05, 4.69) is 9.47 Å². The molecular formula is C12H17N3O6S. The molecule has 0 bridgehead atoms. The van der Waals surface area contributed by atoms with E-state index in [9.17, 15) is 18.0 Å². The molecule has 3 N–H and O–H groups in total. The SMILES string of the molecule is CCOC(=O)NN(C(=O)OCC)S(=O)(=O)c1ccc(N)cc1. The summed E-state index contributed by atoms with van der Waals surface area (Å²) in [6.07, 6.45) is -2.36. The zero-order valence-corrected chi connectivity index (χ0v) is 12.9. The highest BCUT2D eigenvalue weighted by Gasteiger charge is 2.33. The van der Waals surface area contributed by atoms with Crippen LogP contribution in [0, 0.1) is 0 Å². The molecule has 9 nitrogen and oxygen atoms in total. The number of ether oxygens (including phenoxy) is 2. The largest absolute Gasteiger partial charge is 0.449 e. The molecule has 0 saturated heterocycles. The van der Waals surface area contributed by atoms with Crippen molar-refractivity contribution < 1.29 is 27.5 Å². The number of nitrogens with one attached hydrogen (secondary N) is 1. The number of carbonyl (C=O) groups is 2. The average molecular weight is 331 g/mol. The molecule has 0 atom stereocenters. The molecule has 10 heteroatoms. The molecular weight excluding hydrogens is 314 g/mol. The van der Waals surface area contributed by atoms with Crippen LogP contribution in [0.15, 0.2) is 29.2 Å². The van der Waals surface area contributed by atoms with Gasteiger partial charge in [0.2, 0.25) is 0 Å². The van der Waals surface area contributed by atoms with Gasteiger partial charge < -0.3 is 15.2 Å². The van der Waals surface area contributed by atoms with Crippen molar-refractivity contribution in [1.29, 1.82) is 0 Å². The Balaban J connectivity index is 3.15. The van der Waals surface area contributed by atoms with E-state index in [-0.39, 0.29) is 22.5 Å². The van der Waals surface area contributed by atoms with Crippen molar-refractivity contribution >= 4 is 27.9 Å². The summed E-state index contributed by atoms with van der Waals surface area (Å²) in [5.41, 5.74) is 7.67. The number of hydrazine groups is 1. The van der Waals surface area contributed by atoms with Crippen molar-refractivity contribution in [3.63, 3.8) is 0 Å². The third-order valence-electron chi connectivity index (χ3n) is 2.32. The molecule has 122 valence electrons. The van der Waals surface area contributed by atoms with E-state index in [1.807, 2.05) is 5.43 Å². The van der Waals surface area contributed by atoms with Crippen molar-refractivity contribution in [2.24, 2.45) is 0 Å². The van der Waals surface area contributed by atoms with Gasteiger partial charge in [-0.25, -0.2) is 15.0 Å². The second-order valence-electron chi connectivity index (χ2n) is 3.87. The first-order chi connectivity index (χ1) is 10.3. The standard InChI is InChI=1S/C12H17N3O6S/c1-3-20-11(16)14-15(12(17)21-4-2)22(18,19)10-7-5-9(13)6-8-10/h5-8H,3-4,13H2,1-2H3,(H,14,16). The average Bonchev–Trinajstić information content (AvgIpc) is 2.45. The van der Waals surface area contributed by atoms with Gasteiger partial charge in [-0.2, -0.15) is 8.42 Å². The Kier molecular flexibility index (Phi) is 5.99. The van der Waals surface area contributed by atoms with Crippen LogP contribution in [-0.2, 0) is 19.5 Å². The number of anilines is 1. The van der Waals surface area contributed by atoms with Crippen LogP contribution in [-0.4, -0.2) is 38.2 Å². The molecule has 0 aliphatic carbocycles. The topological polar surface area (TPSA) is 128 Å². The molecule has 0 aromatic heterocycles. The fourth-order valence-electron chi connectivity index (χ4n) is 1.38. The van der Waals surface area contributed by atoms with Crippen LogP contribution < -0.4 is 11.2 Å². The van der Waals surface area contributed by atoms with Gasteiger partial charge in [0.05, 0.1) is 18.1 Å². The van der Waals surface area contributed by atoms with Gasteiger partial charge >= 0.3 is 12.2 Å². The summed E-state index contributed by atoms with van der Waals surface area (Å²) in [4.78, 5) is 23.0. The lowest BCUT2D eigenvalue weighted by molar-refractivity contribution is 0.103. The summed E-state index contributed by atoms with van der Waals surface area (Å²) in [5, 5.41) is 0. The van der Waals surface area contributed by atoms with Crippen molar-refractivity contribution in [3.8, 4) is 0 Å². The predicted molar refractivity (Wildman–Crippen MR) is 77.1 cm³/mol. The van der Waals surface area contributed by atoms with Crippen molar-refractivity contribution in [3.05, 3.63) is 24.3 Å². The van der Waals surface area contributed by atoms with Crippen molar-refractivity contribution in [2.75, 3.05) is 18.9 Å². The lowest BCUT2D eigenvalue weighted by atomic mass is 10.3. The minimum atomic E-state index is -4.36. The molecule has 0 fully saturated rings. The van der Waals surface area contributed by atoms with Crippen LogP contribution in [0.3, 0.4) is 0 Å². The molecule has 1 rings (SSSR count). The van der Waals surface area contributed by atoms with E-state index in [0.717, 1.165) is 0 Å². The van der Waals surface area contributed by atoms with Crippen LogP contribution in [0.1, 0.15) is 13.8 Å². The number of hydrogen-bond donors (Lipinski definition) is 2. The second kappa shape index (κ2) is 7.50. The second-order valence-corrected chi connectivity index (χ2v) is 5.66. The van der Waals surface area contributed by atoms with E-state index < -0.39 is 22.2 Å². The molecule has 22 heavy (non-hydrogen) atoms. The van der Waals surface area contributed by atoms with Gasteiger partial charge in [-0.15, -0.1) is 4.41 Å². The van der Waals surface area contributed by atoms with Gasteiger partial charge in [-0.3, -0.25) is 0 Å². The quantitative estimate of drug-likeness (QED) is 0.624. The highest BCUT2D eigenvalue weighted by molar-refractivity contribution is 7.89. The van der Waals surface area contributed by atoms with E-state index in [0.29, 0.717) is 5.69 Å².